The van der Waals surface area contributed by atoms with Crippen molar-refractivity contribution in [3.63, 3.8) is 0 Å². The summed E-state index contributed by atoms with van der Waals surface area (Å²) in [6.07, 6.45) is 1.24. The Labute approximate surface area is 63.6 Å². The number of nitrogens with zero attached hydrogens (tertiary/aromatic N) is 1. The van der Waals surface area contributed by atoms with Gasteiger partial charge in [-0.25, -0.2) is 0 Å². The molecule has 1 atom stereocenters. The van der Waals surface area contributed by atoms with Gasteiger partial charge in [-0.15, -0.1) is 0 Å². The van der Waals surface area contributed by atoms with Crippen molar-refractivity contribution in [1.82, 2.24) is 10.2 Å². The van der Waals surface area contributed by atoms with Gasteiger partial charge in [0.15, 0.2) is 0 Å². The van der Waals surface area contributed by atoms with Crippen LogP contribution in [0.3, 0.4) is 0 Å². The number of nitrogens with one attached hydrogen (secondary N) is 1. The molecule has 1 heterocycles. The standard InChI is InChI=1S/C8H18N2/c1-7-5-8(2,3)10(4)6-9-7/h7,9H,5-6H2,1-4H3. The monoisotopic (exact) mass is 142 g/mol. The van der Waals surface area contributed by atoms with Crippen LogP contribution in [-0.2, 0) is 0 Å². The third-order valence-electron chi connectivity index (χ3n) is 2.52. The molecule has 1 rings (SSSR count). The molecule has 0 amide bonds. The zero-order chi connectivity index (χ0) is 7.78. The van der Waals surface area contributed by atoms with Crippen molar-refractivity contribution < 1.29 is 0 Å². The summed E-state index contributed by atoms with van der Waals surface area (Å²) < 4.78 is 0. The van der Waals surface area contributed by atoms with Crippen LogP contribution in [-0.4, -0.2) is 30.2 Å². The average molecular weight is 142 g/mol. The molecule has 2 heteroatoms. The van der Waals surface area contributed by atoms with E-state index in [0.29, 0.717) is 11.6 Å². The molecule has 0 bridgehead atoms. The van der Waals surface area contributed by atoms with E-state index in [1.165, 1.54) is 6.42 Å². The van der Waals surface area contributed by atoms with E-state index in [-0.39, 0.29) is 0 Å². The van der Waals surface area contributed by atoms with Crippen LogP contribution in [0.15, 0.2) is 0 Å². The highest BCUT2D eigenvalue weighted by Gasteiger charge is 2.29. The minimum Gasteiger partial charge on any atom is -0.302 e. The summed E-state index contributed by atoms with van der Waals surface area (Å²) in [5.74, 6) is 0. The molecule has 2 nitrogen and oxygen atoms in total. The van der Waals surface area contributed by atoms with Gasteiger partial charge in [-0.1, -0.05) is 0 Å². The number of rotatable bonds is 0. The van der Waals surface area contributed by atoms with E-state index in [0.717, 1.165) is 6.67 Å². The van der Waals surface area contributed by atoms with E-state index >= 15 is 0 Å². The second-order valence-corrected chi connectivity index (χ2v) is 3.98. The Balaban J connectivity index is 2.55. The highest BCUT2D eigenvalue weighted by atomic mass is 15.3. The fourth-order valence-corrected chi connectivity index (χ4v) is 1.48. The van der Waals surface area contributed by atoms with Crippen molar-refractivity contribution in [1.29, 1.82) is 0 Å². The number of hydrogen-bond acceptors (Lipinski definition) is 2. The Morgan fingerprint density at radius 3 is 2.50 bits per heavy atom. The van der Waals surface area contributed by atoms with Gasteiger partial charge in [0.05, 0.1) is 0 Å². The molecule has 1 aliphatic rings. The molecule has 0 aromatic carbocycles. The molecule has 0 saturated carbocycles. The molecule has 0 aromatic heterocycles. The van der Waals surface area contributed by atoms with Crippen LogP contribution < -0.4 is 5.32 Å². The van der Waals surface area contributed by atoms with Gasteiger partial charge in [-0.2, -0.15) is 0 Å². The Kier molecular flexibility index (Phi) is 2.02. The summed E-state index contributed by atoms with van der Waals surface area (Å²) in [7, 11) is 2.17. The third kappa shape index (κ3) is 1.50. The SMILES string of the molecule is CC1CC(C)(C)N(C)CN1. The highest BCUT2D eigenvalue weighted by molar-refractivity contribution is 4.87. The van der Waals surface area contributed by atoms with E-state index in [1.807, 2.05) is 0 Å². The second-order valence-electron chi connectivity index (χ2n) is 3.98. The summed E-state index contributed by atoms with van der Waals surface area (Å²) in [5.41, 5.74) is 0.380. The zero-order valence-electron chi connectivity index (χ0n) is 7.44. The van der Waals surface area contributed by atoms with Gasteiger partial charge >= 0.3 is 0 Å². The van der Waals surface area contributed by atoms with Crippen molar-refractivity contribution in [3.05, 3.63) is 0 Å². The van der Waals surface area contributed by atoms with E-state index in [1.54, 1.807) is 0 Å². The molecule has 10 heavy (non-hydrogen) atoms. The molecule has 0 spiro atoms. The summed E-state index contributed by atoms with van der Waals surface area (Å²) in [5, 5.41) is 3.41. The normalized spacial score (nSPS) is 34.2. The first kappa shape index (κ1) is 8.02. The summed E-state index contributed by atoms with van der Waals surface area (Å²) in [6, 6.07) is 0.672. The first-order valence-electron chi connectivity index (χ1n) is 3.97. The third-order valence-corrected chi connectivity index (χ3v) is 2.52. The molecule has 1 fully saturated rings. The lowest BCUT2D eigenvalue weighted by Crippen LogP contribution is -2.55. The zero-order valence-corrected chi connectivity index (χ0v) is 7.44. The predicted octanol–water partition coefficient (Wildman–Crippen LogP) is 1.04. The maximum absolute atomic E-state index is 3.41. The summed E-state index contributed by atoms with van der Waals surface area (Å²) in [4.78, 5) is 2.35. The Hall–Kier alpha value is -0.0800. The van der Waals surface area contributed by atoms with Crippen LogP contribution in [0.4, 0.5) is 0 Å². The van der Waals surface area contributed by atoms with Gasteiger partial charge in [0, 0.05) is 18.2 Å². The minimum absolute atomic E-state index is 0.380. The van der Waals surface area contributed by atoms with E-state index < -0.39 is 0 Å². The van der Waals surface area contributed by atoms with E-state index in [9.17, 15) is 0 Å². The van der Waals surface area contributed by atoms with Crippen molar-refractivity contribution in [3.8, 4) is 0 Å². The molecule has 1 unspecified atom stereocenters. The van der Waals surface area contributed by atoms with Gasteiger partial charge in [0.25, 0.3) is 0 Å². The smallest absolute Gasteiger partial charge is 0.0484 e. The van der Waals surface area contributed by atoms with Crippen molar-refractivity contribution in [2.24, 2.45) is 0 Å². The van der Waals surface area contributed by atoms with Crippen molar-refractivity contribution >= 4 is 0 Å². The highest BCUT2D eigenvalue weighted by Crippen LogP contribution is 2.21. The van der Waals surface area contributed by atoms with Crippen LogP contribution in [0.25, 0.3) is 0 Å². The van der Waals surface area contributed by atoms with Crippen LogP contribution >= 0.6 is 0 Å². The lowest BCUT2D eigenvalue weighted by molar-refractivity contribution is 0.0783. The van der Waals surface area contributed by atoms with Gasteiger partial charge in [-0.3, -0.25) is 4.90 Å². The average Bonchev–Trinajstić information content (AvgIpc) is 1.78. The second kappa shape index (κ2) is 2.51. The summed E-state index contributed by atoms with van der Waals surface area (Å²) in [6.45, 7) is 7.86. The first-order chi connectivity index (χ1) is 4.52. The Morgan fingerprint density at radius 1 is 1.50 bits per heavy atom. The molecule has 1 saturated heterocycles. The first-order valence-corrected chi connectivity index (χ1v) is 3.97. The molecule has 0 radical (unpaired) electrons. The maximum atomic E-state index is 3.41. The van der Waals surface area contributed by atoms with Gasteiger partial charge < -0.3 is 5.32 Å². The molecule has 1 aliphatic heterocycles. The molecule has 0 aromatic rings. The van der Waals surface area contributed by atoms with Gasteiger partial charge in [-0.05, 0) is 34.2 Å². The lowest BCUT2D eigenvalue weighted by Gasteiger charge is -2.43. The molecular weight excluding hydrogens is 124 g/mol. The van der Waals surface area contributed by atoms with Crippen LogP contribution in [0.5, 0.6) is 0 Å². The van der Waals surface area contributed by atoms with Gasteiger partial charge in [0.1, 0.15) is 0 Å². The van der Waals surface area contributed by atoms with Crippen molar-refractivity contribution in [2.75, 3.05) is 13.7 Å². The minimum atomic E-state index is 0.380. The molecule has 60 valence electrons. The lowest BCUT2D eigenvalue weighted by atomic mass is 9.93. The Bertz CT molecular complexity index is 120. The molecular formula is C8H18N2. The van der Waals surface area contributed by atoms with Crippen LogP contribution in [0, 0.1) is 0 Å². The van der Waals surface area contributed by atoms with Crippen molar-refractivity contribution in [2.45, 2.75) is 38.8 Å². The fraction of sp³-hybridized carbons (Fsp3) is 1.00. The van der Waals surface area contributed by atoms with Gasteiger partial charge in [0.2, 0.25) is 0 Å². The quantitative estimate of drug-likeness (QED) is 0.543. The molecule has 1 N–H and O–H groups in total. The maximum Gasteiger partial charge on any atom is 0.0484 e. The van der Waals surface area contributed by atoms with E-state index in [4.69, 9.17) is 0 Å². The number of hydrogen-bond donors (Lipinski definition) is 1. The van der Waals surface area contributed by atoms with Crippen LogP contribution in [0.1, 0.15) is 27.2 Å². The predicted molar refractivity (Wildman–Crippen MR) is 43.9 cm³/mol. The molecule has 0 aliphatic carbocycles. The topological polar surface area (TPSA) is 15.3 Å². The van der Waals surface area contributed by atoms with Crippen LogP contribution in [0.2, 0.25) is 0 Å². The fourth-order valence-electron chi connectivity index (χ4n) is 1.48. The Morgan fingerprint density at radius 2 is 2.10 bits per heavy atom. The summed E-state index contributed by atoms with van der Waals surface area (Å²) >= 11 is 0. The van der Waals surface area contributed by atoms with E-state index in [2.05, 4.69) is 38.0 Å². The largest absolute Gasteiger partial charge is 0.302 e.